The number of pyridine rings is 1. The highest BCUT2D eigenvalue weighted by Gasteiger charge is 1.96. The molecule has 0 aliphatic heterocycles. The van der Waals surface area contributed by atoms with Gasteiger partial charge in [0.15, 0.2) is 0 Å². The summed E-state index contributed by atoms with van der Waals surface area (Å²) >= 11 is 0. The topological polar surface area (TPSA) is 60.2 Å². The molecule has 0 aromatic carbocycles. The lowest BCUT2D eigenvalue weighted by Gasteiger charge is -2.04. The molecule has 14 heavy (non-hydrogen) atoms. The summed E-state index contributed by atoms with van der Waals surface area (Å²) in [4.78, 5) is 4.16. The number of nitrogen functional groups attached to an aromatic ring is 1. The van der Waals surface area contributed by atoms with E-state index in [4.69, 9.17) is 10.6 Å². The molecule has 0 unspecified atom stereocenters. The summed E-state index contributed by atoms with van der Waals surface area (Å²) in [7, 11) is 0. The lowest BCUT2D eigenvalue weighted by Crippen LogP contribution is -2.07. The molecule has 78 valence electrons. The molecular weight excluding hydrogens is 178 g/mol. The first-order valence-electron chi connectivity index (χ1n) is 4.86. The van der Waals surface area contributed by atoms with E-state index in [1.165, 1.54) is 0 Å². The molecule has 0 radical (unpaired) electrons. The molecule has 1 aromatic rings. The van der Waals surface area contributed by atoms with Gasteiger partial charge in [-0.2, -0.15) is 0 Å². The molecule has 3 N–H and O–H groups in total. The van der Waals surface area contributed by atoms with Crippen molar-refractivity contribution in [2.24, 2.45) is 5.84 Å². The van der Waals surface area contributed by atoms with E-state index in [1.807, 2.05) is 12.1 Å². The van der Waals surface area contributed by atoms with Gasteiger partial charge in [0.05, 0.1) is 18.0 Å². The second-order valence-electron chi connectivity index (χ2n) is 3.09. The Kier molecular flexibility index (Phi) is 4.96. The first kappa shape index (κ1) is 10.9. The number of unbranched alkanes of at least 4 members (excludes halogenated alkanes) is 1. The van der Waals surface area contributed by atoms with Gasteiger partial charge in [-0.3, -0.25) is 10.8 Å². The van der Waals surface area contributed by atoms with E-state index in [0.29, 0.717) is 6.61 Å². The molecular formula is C10H17N3O. The summed E-state index contributed by atoms with van der Waals surface area (Å²) in [6.07, 6.45) is 3.96. The minimum absolute atomic E-state index is 0.551. The Morgan fingerprint density at radius 3 is 3.14 bits per heavy atom. The predicted octanol–water partition coefficient (Wildman–Crippen LogP) is 1.68. The van der Waals surface area contributed by atoms with Crippen LogP contribution in [0.3, 0.4) is 0 Å². The van der Waals surface area contributed by atoms with Crippen LogP contribution in [-0.2, 0) is 11.3 Å². The fourth-order valence-corrected chi connectivity index (χ4v) is 1.07. The van der Waals surface area contributed by atoms with Crippen molar-refractivity contribution in [2.75, 3.05) is 12.0 Å². The number of hydrogen-bond donors (Lipinski definition) is 2. The van der Waals surface area contributed by atoms with E-state index in [0.717, 1.165) is 30.8 Å². The second kappa shape index (κ2) is 6.34. The Morgan fingerprint density at radius 2 is 2.43 bits per heavy atom. The van der Waals surface area contributed by atoms with Crippen molar-refractivity contribution < 1.29 is 4.74 Å². The summed E-state index contributed by atoms with van der Waals surface area (Å²) in [5, 5.41) is 0. The van der Waals surface area contributed by atoms with Crippen LogP contribution in [0, 0.1) is 0 Å². The molecule has 1 rings (SSSR count). The van der Waals surface area contributed by atoms with Gasteiger partial charge in [-0.25, -0.2) is 0 Å². The van der Waals surface area contributed by atoms with Gasteiger partial charge in [0, 0.05) is 12.8 Å². The van der Waals surface area contributed by atoms with E-state index < -0.39 is 0 Å². The van der Waals surface area contributed by atoms with E-state index >= 15 is 0 Å². The van der Waals surface area contributed by atoms with Crippen molar-refractivity contribution in [3.63, 3.8) is 0 Å². The third kappa shape index (κ3) is 3.72. The fourth-order valence-electron chi connectivity index (χ4n) is 1.07. The van der Waals surface area contributed by atoms with E-state index in [-0.39, 0.29) is 0 Å². The number of nitrogens with zero attached hydrogens (tertiary/aromatic N) is 1. The van der Waals surface area contributed by atoms with Crippen molar-refractivity contribution in [2.45, 2.75) is 26.4 Å². The summed E-state index contributed by atoms with van der Waals surface area (Å²) in [5.74, 6) is 5.28. The average molecular weight is 195 g/mol. The van der Waals surface area contributed by atoms with Crippen molar-refractivity contribution in [3.8, 4) is 0 Å². The van der Waals surface area contributed by atoms with Crippen LogP contribution in [0.25, 0.3) is 0 Å². The molecule has 1 heterocycles. The second-order valence-corrected chi connectivity index (χ2v) is 3.09. The monoisotopic (exact) mass is 195 g/mol. The SMILES string of the molecule is CCCCOCc1cc(NN)ccn1. The van der Waals surface area contributed by atoms with E-state index in [1.54, 1.807) is 6.20 Å². The van der Waals surface area contributed by atoms with Crippen LogP contribution >= 0.6 is 0 Å². The maximum atomic E-state index is 5.43. The molecule has 4 heteroatoms. The van der Waals surface area contributed by atoms with Gasteiger partial charge >= 0.3 is 0 Å². The first-order chi connectivity index (χ1) is 6.86. The highest BCUT2D eigenvalue weighted by Crippen LogP contribution is 2.07. The third-order valence-electron chi connectivity index (χ3n) is 1.88. The van der Waals surface area contributed by atoms with Gasteiger partial charge < -0.3 is 10.2 Å². The van der Waals surface area contributed by atoms with E-state index in [9.17, 15) is 0 Å². The molecule has 0 aliphatic carbocycles. The van der Waals surface area contributed by atoms with Crippen molar-refractivity contribution >= 4 is 5.69 Å². The predicted molar refractivity (Wildman–Crippen MR) is 56.6 cm³/mol. The first-order valence-corrected chi connectivity index (χ1v) is 4.86. The Balaban J connectivity index is 2.34. The summed E-state index contributed by atoms with van der Waals surface area (Å²) < 4.78 is 5.43. The van der Waals surface area contributed by atoms with Crippen LogP contribution in [0.4, 0.5) is 5.69 Å². The molecule has 0 atom stereocenters. The number of nitrogens with one attached hydrogen (secondary N) is 1. The van der Waals surface area contributed by atoms with Crippen LogP contribution in [-0.4, -0.2) is 11.6 Å². The Bertz CT molecular complexity index is 265. The molecule has 0 fully saturated rings. The van der Waals surface area contributed by atoms with E-state index in [2.05, 4.69) is 17.3 Å². The highest BCUT2D eigenvalue weighted by atomic mass is 16.5. The number of hydrogen-bond acceptors (Lipinski definition) is 4. The van der Waals surface area contributed by atoms with Crippen LogP contribution in [0.1, 0.15) is 25.5 Å². The molecule has 0 amide bonds. The zero-order valence-corrected chi connectivity index (χ0v) is 8.49. The largest absolute Gasteiger partial charge is 0.375 e. The summed E-state index contributed by atoms with van der Waals surface area (Å²) in [6.45, 7) is 3.48. The molecule has 0 saturated carbocycles. The standard InChI is InChI=1S/C10H17N3O/c1-2-3-6-14-8-10-7-9(13-11)4-5-12-10/h4-5,7H,2-3,6,8,11H2,1H3,(H,12,13). The number of anilines is 1. The fraction of sp³-hybridized carbons (Fsp3) is 0.500. The number of hydrazine groups is 1. The smallest absolute Gasteiger partial charge is 0.0888 e. The Hall–Kier alpha value is -1.13. The van der Waals surface area contributed by atoms with Gasteiger partial charge in [-0.15, -0.1) is 0 Å². The third-order valence-corrected chi connectivity index (χ3v) is 1.88. The summed E-state index contributed by atoms with van der Waals surface area (Å²) in [6, 6.07) is 3.70. The maximum Gasteiger partial charge on any atom is 0.0888 e. The molecule has 0 saturated heterocycles. The lowest BCUT2D eigenvalue weighted by atomic mass is 10.3. The quantitative estimate of drug-likeness (QED) is 0.412. The average Bonchev–Trinajstić information content (AvgIpc) is 2.25. The zero-order chi connectivity index (χ0) is 10.2. The van der Waals surface area contributed by atoms with Crippen LogP contribution in [0.15, 0.2) is 18.3 Å². The number of nitrogens with two attached hydrogens (primary N) is 1. The molecule has 0 spiro atoms. The summed E-state index contributed by atoms with van der Waals surface area (Å²) in [5.41, 5.74) is 4.33. The number of rotatable bonds is 6. The van der Waals surface area contributed by atoms with Crippen LogP contribution in [0.5, 0.6) is 0 Å². The minimum Gasteiger partial charge on any atom is -0.375 e. The van der Waals surface area contributed by atoms with Crippen molar-refractivity contribution in [3.05, 3.63) is 24.0 Å². The van der Waals surface area contributed by atoms with Crippen molar-refractivity contribution in [1.82, 2.24) is 4.98 Å². The molecule has 0 aliphatic rings. The normalized spacial score (nSPS) is 10.1. The zero-order valence-electron chi connectivity index (χ0n) is 8.49. The van der Waals surface area contributed by atoms with Gasteiger partial charge in [0.1, 0.15) is 0 Å². The number of ether oxygens (including phenoxy) is 1. The van der Waals surface area contributed by atoms with Gasteiger partial charge in [0.2, 0.25) is 0 Å². The highest BCUT2D eigenvalue weighted by molar-refractivity contribution is 5.41. The molecule has 0 bridgehead atoms. The van der Waals surface area contributed by atoms with Gasteiger partial charge in [0.25, 0.3) is 0 Å². The Labute approximate surface area is 84.4 Å². The lowest BCUT2D eigenvalue weighted by molar-refractivity contribution is 0.115. The van der Waals surface area contributed by atoms with Gasteiger partial charge in [-0.1, -0.05) is 13.3 Å². The van der Waals surface area contributed by atoms with Crippen LogP contribution < -0.4 is 11.3 Å². The van der Waals surface area contributed by atoms with Gasteiger partial charge in [-0.05, 0) is 18.6 Å². The minimum atomic E-state index is 0.551. The number of aromatic nitrogens is 1. The molecule has 1 aromatic heterocycles. The van der Waals surface area contributed by atoms with Crippen LogP contribution in [0.2, 0.25) is 0 Å². The Morgan fingerprint density at radius 1 is 1.57 bits per heavy atom. The maximum absolute atomic E-state index is 5.43. The van der Waals surface area contributed by atoms with Crippen molar-refractivity contribution in [1.29, 1.82) is 0 Å². The molecule has 4 nitrogen and oxygen atoms in total.